The van der Waals surface area contributed by atoms with E-state index in [0.717, 1.165) is 16.7 Å². The van der Waals surface area contributed by atoms with Gasteiger partial charge in [0.1, 0.15) is 0 Å². The van der Waals surface area contributed by atoms with Crippen molar-refractivity contribution < 1.29 is 17.8 Å². The van der Waals surface area contributed by atoms with Crippen LogP contribution in [0.1, 0.15) is 17.3 Å². The lowest BCUT2D eigenvalue weighted by Crippen LogP contribution is -2.03. The summed E-state index contributed by atoms with van der Waals surface area (Å²) < 4.78 is 32.0. The number of hydrogen-bond acceptors (Lipinski definition) is 3. The molecule has 0 aliphatic rings. The highest BCUT2D eigenvalue weighted by molar-refractivity contribution is 7.85. The minimum atomic E-state index is -4.37. The maximum atomic E-state index is 12.1. The predicted octanol–water partition coefficient (Wildman–Crippen LogP) is 4.47. The Morgan fingerprint density at radius 3 is 2.00 bits per heavy atom. The zero-order valence-corrected chi connectivity index (χ0v) is 14.3. The van der Waals surface area contributed by atoms with E-state index in [4.69, 9.17) is 0 Å². The molecular formula is C20H16O4S. The third-order valence-corrected chi connectivity index (χ3v) is 4.82. The number of rotatable bonds is 4. The van der Waals surface area contributed by atoms with Crippen molar-refractivity contribution in [2.24, 2.45) is 0 Å². The van der Waals surface area contributed by atoms with Crippen LogP contribution in [0.2, 0.25) is 0 Å². The third kappa shape index (κ3) is 3.52. The van der Waals surface area contributed by atoms with Crippen LogP contribution in [0.15, 0.2) is 77.7 Å². The highest BCUT2D eigenvalue weighted by Crippen LogP contribution is 2.35. The number of benzene rings is 3. The maximum absolute atomic E-state index is 12.1. The van der Waals surface area contributed by atoms with E-state index >= 15 is 0 Å². The normalized spacial score (nSPS) is 11.3. The van der Waals surface area contributed by atoms with Gasteiger partial charge in [0, 0.05) is 5.56 Å². The molecule has 0 atom stereocenters. The smallest absolute Gasteiger partial charge is 0.294 e. The van der Waals surface area contributed by atoms with Gasteiger partial charge in [-0.2, -0.15) is 8.42 Å². The van der Waals surface area contributed by atoms with Gasteiger partial charge >= 0.3 is 0 Å². The molecule has 0 unspecified atom stereocenters. The van der Waals surface area contributed by atoms with Crippen LogP contribution in [-0.2, 0) is 10.1 Å². The first-order valence-corrected chi connectivity index (χ1v) is 9.09. The highest BCUT2D eigenvalue weighted by atomic mass is 32.2. The summed E-state index contributed by atoms with van der Waals surface area (Å²) in [6.07, 6.45) is 0. The molecule has 0 saturated carbocycles. The fourth-order valence-electron chi connectivity index (χ4n) is 2.80. The molecule has 4 nitrogen and oxygen atoms in total. The quantitative estimate of drug-likeness (QED) is 0.555. The molecule has 0 aliphatic heterocycles. The van der Waals surface area contributed by atoms with E-state index in [-0.39, 0.29) is 16.2 Å². The van der Waals surface area contributed by atoms with Gasteiger partial charge in [0.2, 0.25) is 0 Å². The molecule has 126 valence electrons. The maximum Gasteiger partial charge on any atom is 0.294 e. The van der Waals surface area contributed by atoms with Crippen molar-refractivity contribution in [1.29, 1.82) is 0 Å². The zero-order valence-electron chi connectivity index (χ0n) is 13.5. The van der Waals surface area contributed by atoms with Gasteiger partial charge in [-0.05, 0) is 41.3 Å². The molecule has 5 heteroatoms. The molecule has 0 bridgehead atoms. The Balaban J connectivity index is 2.26. The van der Waals surface area contributed by atoms with E-state index < -0.39 is 10.1 Å². The van der Waals surface area contributed by atoms with Crippen LogP contribution in [0.25, 0.3) is 22.3 Å². The molecule has 0 fully saturated rings. The van der Waals surface area contributed by atoms with Gasteiger partial charge in [0.25, 0.3) is 10.1 Å². The van der Waals surface area contributed by atoms with Crippen molar-refractivity contribution in [3.05, 3.63) is 78.4 Å². The Morgan fingerprint density at radius 2 is 1.40 bits per heavy atom. The zero-order chi connectivity index (χ0) is 18.0. The van der Waals surface area contributed by atoms with E-state index in [0.29, 0.717) is 5.56 Å². The fourth-order valence-corrected chi connectivity index (χ4v) is 3.30. The van der Waals surface area contributed by atoms with Gasteiger partial charge in [0.05, 0.1) is 4.90 Å². The van der Waals surface area contributed by atoms with Gasteiger partial charge in [-0.3, -0.25) is 9.35 Å². The van der Waals surface area contributed by atoms with Crippen LogP contribution in [0.5, 0.6) is 0 Å². The van der Waals surface area contributed by atoms with Crippen LogP contribution < -0.4 is 0 Å². The van der Waals surface area contributed by atoms with Crippen molar-refractivity contribution in [3.63, 3.8) is 0 Å². The summed E-state index contributed by atoms with van der Waals surface area (Å²) in [7, 11) is -4.37. The minimum absolute atomic E-state index is 0.249. The summed E-state index contributed by atoms with van der Waals surface area (Å²) >= 11 is 0. The van der Waals surface area contributed by atoms with Crippen LogP contribution in [0, 0.1) is 0 Å². The second-order valence-corrected chi connectivity index (χ2v) is 7.07. The summed E-state index contributed by atoms with van der Waals surface area (Å²) in [6.45, 7) is 1.37. The average Bonchev–Trinajstić information content (AvgIpc) is 2.61. The van der Waals surface area contributed by atoms with Crippen molar-refractivity contribution in [3.8, 4) is 22.3 Å². The Morgan fingerprint density at radius 1 is 0.800 bits per heavy atom. The molecule has 0 heterocycles. The predicted molar refractivity (Wildman–Crippen MR) is 97.1 cm³/mol. The van der Waals surface area contributed by atoms with Gasteiger partial charge in [-0.25, -0.2) is 0 Å². The Labute approximate surface area is 146 Å². The number of Topliss-reactive ketones (excluding diaryl/α,β-unsaturated/α-hetero) is 1. The lowest BCUT2D eigenvalue weighted by molar-refractivity contribution is 0.101. The standard InChI is InChI=1S/C20H16O4S/c1-14(21)20-13-16(25(22,23)24)11-12-19(20)18-10-6-5-9-17(18)15-7-3-2-4-8-15/h2-13H,1H3,(H,22,23,24). The van der Waals surface area contributed by atoms with E-state index in [9.17, 15) is 17.8 Å². The molecule has 0 aliphatic carbocycles. The summed E-state index contributed by atoms with van der Waals surface area (Å²) in [5, 5.41) is 0. The molecule has 25 heavy (non-hydrogen) atoms. The van der Waals surface area contributed by atoms with Crippen molar-refractivity contribution >= 4 is 15.9 Å². The molecule has 0 spiro atoms. The molecule has 3 rings (SSSR count). The van der Waals surface area contributed by atoms with Crippen LogP contribution in [0.4, 0.5) is 0 Å². The van der Waals surface area contributed by atoms with E-state index in [2.05, 4.69) is 0 Å². The Bertz CT molecular complexity index is 1040. The molecule has 1 N–H and O–H groups in total. The van der Waals surface area contributed by atoms with Crippen molar-refractivity contribution in [1.82, 2.24) is 0 Å². The topological polar surface area (TPSA) is 71.4 Å². The second kappa shape index (κ2) is 6.63. The highest BCUT2D eigenvalue weighted by Gasteiger charge is 2.18. The summed E-state index contributed by atoms with van der Waals surface area (Å²) in [4.78, 5) is 11.8. The molecule has 3 aromatic rings. The van der Waals surface area contributed by atoms with Crippen LogP contribution in [0.3, 0.4) is 0 Å². The summed E-state index contributed by atoms with van der Waals surface area (Å²) in [5.41, 5.74) is 3.62. The van der Waals surface area contributed by atoms with Crippen LogP contribution in [-0.4, -0.2) is 18.8 Å². The first kappa shape index (κ1) is 17.1. The number of ketones is 1. The lowest BCUT2D eigenvalue weighted by Gasteiger charge is -2.14. The molecule has 0 radical (unpaired) electrons. The SMILES string of the molecule is CC(=O)c1cc(S(=O)(=O)O)ccc1-c1ccccc1-c1ccccc1. The number of carbonyl (C=O) groups excluding carboxylic acids is 1. The Hall–Kier alpha value is -2.76. The van der Waals surface area contributed by atoms with E-state index in [1.54, 1.807) is 6.07 Å². The molecule has 3 aromatic carbocycles. The second-order valence-electron chi connectivity index (χ2n) is 5.65. The van der Waals surface area contributed by atoms with Gasteiger partial charge in [-0.1, -0.05) is 60.7 Å². The average molecular weight is 352 g/mol. The van der Waals surface area contributed by atoms with Gasteiger partial charge in [0.15, 0.2) is 5.78 Å². The number of carbonyl (C=O) groups is 1. The first-order valence-electron chi connectivity index (χ1n) is 7.65. The van der Waals surface area contributed by atoms with E-state index in [1.807, 2.05) is 54.6 Å². The lowest BCUT2D eigenvalue weighted by atomic mass is 9.91. The van der Waals surface area contributed by atoms with Crippen molar-refractivity contribution in [2.75, 3.05) is 0 Å². The first-order chi connectivity index (χ1) is 11.9. The Kier molecular flexibility index (Phi) is 4.53. The summed E-state index contributed by atoms with van der Waals surface area (Å²) in [5.74, 6) is -0.275. The van der Waals surface area contributed by atoms with Crippen molar-refractivity contribution in [2.45, 2.75) is 11.8 Å². The van der Waals surface area contributed by atoms with E-state index in [1.165, 1.54) is 19.1 Å². The third-order valence-electron chi connectivity index (χ3n) is 3.97. The molecule has 0 aromatic heterocycles. The van der Waals surface area contributed by atoms with Crippen LogP contribution >= 0.6 is 0 Å². The fraction of sp³-hybridized carbons (Fsp3) is 0.0500. The monoisotopic (exact) mass is 352 g/mol. The molecular weight excluding hydrogens is 336 g/mol. The molecule has 0 saturated heterocycles. The summed E-state index contributed by atoms with van der Waals surface area (Å²) in [6, 6.07) is 21.4. The van der Waals surface area contributed by atoms with Gasteiger partial charge in [-0.15, -0.1) is 0 Å². The van der Waals surface area contributed by atoms with Gasteiger partial charge < -0.3 is 0 Å². The molecule has 0 amide bonds. The largest absolute Gasteiger partial charge is 0.294 e. The number of hydrogen-bond donors (Lipinski definition) is 1. The minimum Gasteiger partial charge on any atom is -0.294 e.